The Morgan fingerprint density at radius 3 is 2.48 bits per heavy atom. The van der Waals surface area contributed by atoms with Crippen molar-refractivity contribution in [3.8, 4) is 0 Å². The van der Waals surface area contributed by atoms with Gasteiger partial charge in [0.1, 0.15) is 12.7 Å². The molecule has 1 saturated heterocycles. The van der Waals surface area contributed by atoms with Crippen molar-refractivity contribution >= 4 is 11.6 Å². The summed E-state index contributed by atoms with van der Waals surface area (Å²) < 4.78 is 1.77. The van der Waals surface area contributed by atoms with E-state index in [1.165, 1.54) is 11.9 Å². The molecule has 0 radical (unpaired) electrons. The van der Waals surface area contributed by atoms with E-state index in [2.05, 4.69) is 38.7 Å². The minimum atomic E-state index is 0.0587. The summed E-state index contributed by atoms with van der Waals surface area (Å²) in [6, 6.07) is 7.86. The summed E-state index contributed by atoms with van der Waals surface area (Å²) in [4.78, 5) is 20.9. The topological polar surface area (TPSA) is 66.3 Å². The van der Waals surface area contributed by atoms with E-state index in [-0.39, 0.29) is 5.91 Å². The molecule has 144 valence electrons. The summed E-state index contributed by atoms with van der Waals surface area (Å²) >= 11 is 0. The Balaban J connectivity index is 1.37. The lowest BCUT2D eigenvalue weighted by atomic mass is 10.2. The highest BCUT2D eigenvalue weighted by atomic mass is 16.1. The third-order valence-electron chi connectivity index (χ3n) is 4.66. The van der Waals surface area contributed by atoms with Gasteiger partial charge in [-0.2, -0.15) is 5.10 Å². The molecule has 1 aliphatic heterocycles. The van der Waals surface area contributed by atoms with E-state index in [1.807, 2.05) is 24.3 Å². The van der Waals surface area contributed by atoms with Gasteiger partial charge in [0, 0.05) is 51.4 Å². The van der Waals surface area contributed by atoms with Crippen LogP contribution in [0, 0.1) is 0 Å². The van der Waals surface area contributed by atoms with Gasteiger partial charge in [0.2, 0.25) is 5.91 Å². The number of hydrogen-bond acceptors (Lipinski definition) is 5. The van der Waals surface area contributed by atoms with Crippen molar-refractivity contribution in [2.45, 2.75) is 19.9 Å². The molecule has 0 spiro atoms. The summed E-state index contributed by atoms with van der Waals surface area (Å²) in [6.07, 6.45) is 3.73. The molecule has 7 nitrogen and oxygen atoms in total. The van der Waals surface area contributed by atoms with E-state index < -0.39 is 0 Å². The Hall–Kier alpha value is -2.51. The summed E-state index contributed by atoms with van der Waals surface area (Å²) in [5.74, 6) is 0.0587. The van der Waals surface area contributed by atoms with Crippen LogP contribution < -0.4 is 5.32 Å². The van der Waals surface area contributed by atoms with E-state index in [0.29, 0.717) is 13.0 Å². The van der Waals surface area contributed by atoms with Crippen LogP contribution in [0.3, 0.4) is 0 Å². The van der Waals surface area contributed by atoms with E-state index in [4.69, 9.17) is 0 Å². The number of nitrogens with one attached hydrogen (secondary N) is 1. The fourth-order valence-corrected chi connectivity index (χ4v) is 3.23. The first-order valence-corrected chi connectivity index (χ1v) is 9.39. The van der Waals surface area contributed by atoms with Crippen LogP contribution in [-0.4, -0.2) is 69.7 Å². The molecule has 27 heavy (non-hydrogen) atoms. The van der Waals surface area contributed by atoms with E-state index >= 15 is 0 Å². The van der Waals surface area contributed by atoms with Gasteiger partial charge < -0.3 is 10.2 Å². The summed E-state index contributed by atoms with van der Waals surface area (Å²) in [5.41, 5.74) is 3.15. The van der Waals surface area contributed by atoms with Gasteiger partial charge in [0.15, 0.2) is 0 Å². The number of hydrogen-bond donors (Lipinski definition) is 1. The molecule has 3 rings (SSSR count). The second-order valence-corrected chi connectivity index (χ2v) is 7.16. The number of benzene rings is 1. The molecule has 0 aliphatic carbocycles. The van der Waals surface area contributed by atoms with Gasteiger partial charge in [-0.25, -0.2) is 9.67 Å². The largest absolute Gasteiger partial charge is 0.326 e. The third-order valence-corrected chi connectivity index (χ3v) is 4.66. The maximum Gasteiger partial charge on any atom is 0.225 e. The molecule has 2 aromatic rings. The maximum absolute atomic E-state index is 12.2. The number of rotatable bonds is 8. The van der Waals surface area contributed by atoms with Crippen LogP contribution >= 0.6 is 0 Å². The minimum absolute atomic E-state index is 0.0587. The minimum Gasteiger partial charge on any atom is -0.326 e. The Morgan fingerprint density at radius 2 is 1.85 bits per heavy atom. The van der Waals surface area contributed by atoms with Gasteiger partial charge in [-0.1, -0.05) is 24.3 Å². The monoisotopic (exact) mass is 368 g/mol. The zero-order valence-corrected chi connectivity index (χ0v) is 16.0. The van der Waals surface area contributed by atoms with Crippen LogP contribution in [0.1, 0.15) is 18.9 Å². The zero-order chi connectivity index (χ0) is 19.1. The number of anilines is 1. The number of nitrogens with zero attached hydrogens (tertiary/aromatic N) is 5. The number of carbonyl (C=O) groups excluding carboxylic acids is 1. The molecule has 7 heteroatoms. The predicted molar refractivity (Wildman–Crippen MR) is 107 cm³/mol. The molecule has 0 atom stereocenters. The molecule has 1 aliphatic rings. The van der Waals surface area contributed by atoms with E-state index in [1.54, 1.807) is 11.0 Å². The lowest BCUT2D eigenvalue weighted by Gasteiger charge is -2.34. The van der Waals surface area contributed by atoms with Crippen LogP contribution in [0.25, 0.3) is 0 Å². The number of amides is 1. The molecule has 1 aromatic heterocycles. The van der Waals surface area contributed by atoms with Crippen LogP contribution in [0.2, 0.25) is 0 Å². The normalized spacial score (nSPS) is 15.6. The fraction of sp³-hybridized carbons (Fsp3) is 0.450. The fourth-order valence-electron chi connectivity index (χ4n) is 3.23. The number of carbonyl (C=O) groups is 1. The second kappa shape index (κ2) is 9.43. The Labute approximate surface area is 160 Å². The van der Waals surface area contributed by atoms with Gasteiger partial charge >= 0.3 is 0 Å². The van der Waals surface area contributed by atoms with E-state index in [9.17, 15) is 4.79 Å². The van der Waals surface area contributed by atoms with Crippen molar-refractivity contribution in [3.05, 3.63) is 54.6 Å². The van der Waals surface area contributed by atoms with Crippen LogP contribution in [0.4, 0.5) is 5.69 Å². The van der Waals surface area contributed by atoms with Gasteiger partial charge in [-0.3, -0.25) is 9.69 Å². The Kier molecular flexibility index (Phi) is 6.73. The van der Waals surface area contributed by atoms with Crippen LogP contribution in [-0.2, 0) is 11.3 Å². The van der Waals surface area contributed by atoms with Crippen molar-refractivity contribution in [2.75, 3.05) is 44.6 Å². The molecule has 2 heterocycles. The van der Waals surface area contributed by atoms with Crippen molar-refractivity contribution < 1.29 is 4.79 Å². The average molecular weight is 368 g/mol. The molecular formula is C20H28N6O. The van der Waals surface area contributed by atoms with E-state index in [0.717, 1.165) is 50.5 Å². The second-order valence-electron chi connectivity index (χ2n) is 7.16. The highest BCUT2D eigenvalue weighted by molar-refractivity contribution is 5.90. The van der Waals surface area contributed by atoms with Gasteiger partial charge in [0.05, 0.1) is 6.54 Å². The molecule has 0 bridgehead atoms. The standard InChI is InChI=1S/C20H28N6O/c1-17(2)13-25-11-9-24(10-12-25)8-7-20(27)23-19-5-3-18(4-6-19)14-26-16-21-15-22-26/h3-6,15-16H,1,7-14H2,2H3,(H,23,27). The molecule has 1 amide bonds. The first-order chi connectivity index (χ1) is 13.1. The Bertz CT molecular complexity index is 732. The zero-order valence-electron chi connectivity index (χ0n) is 16.0. The lowest BCUT2D eigenvalue weighted by molar-refractivity contribution is -0.116. The Morgan fingerprint density at radius 1 is 1.15 bits per heavy atom. The van der Waals surface area contributed by atoms with Crippen LogP contribution in [0.15, 0.2) is 49.1 Å². The van der Waals surface area contributed by atoms with Crippen molar-refractivity contribution in [1.82, 2.24) is 24.6 Å². The molecular weight excluding hydrogens is 340 g/mol. The third kappa shape index (κ3) is 6.30. The quantitative estimate of drug-likeness (QED) is 0.721. The summed E-state index contributed by atoms with van der Waals surface area (Å²) in [6.45, 7) is 12.6. The van der Waals surface area contributed by atoms with Crippen molar-refractivity contribution in [1.29, 1.82) is 0 Å². The smallest absolute Gasteiger partial charge is 0.225 e. The SMILES string of the molecule is C=C(C)CN1CCN(CCC(=O)Nc2ccc(Cn3cncn3)cc2)CC1. The van der Waals surface area contributed by atoms with Gasteiger partial charge in [0.25, 0.3) is 0 Å². The summed E-state index contributed by atoms with van der Waals surface area (Å²) in [7, 11) is 0. The number of piperazine rings is 1. The molecule has 1 aromatic carbocycles. The summed E-state index contributed by atoms with van der Waals surface area (Å²) in [5, 5.41) is 7.07. The lowest BCUT2D eigenvalue weighted by Crippen LogP contribution is -2.47. The molecule has 0 saturated carbocycles. The first kappa shape index (κ1) is 19.3. The highest BCUT2D eigenvalue weighted by Gasteiger charge is 2.17. The van der Waals surface area contributed by atoms with Crippen molar-refractivity contribution in [3.63, 3.8) is 0 Å². The predicted octanol–water partition coefficient (Wildman–Crippen LogP) is 1.85. The highest BCUT2D eigenvalue weighted by Crippen LogP contribution is 2.11. The maximum atomic E-state index is 12.2. The van der Waals surface area contributed by atoms with Crippen LogP contribution in [0.5, 0.6) is 0 Å². The molecule has 1 fully saturated rings. The van der Waals surface area contributed by atoms with Gasteiger partial charge in [-0.05, 0) is 24.6 Å². The molecule has 1 N–H and O–H groups in total. The van der Waals surface area contributed by atoms with Crippen molar-refractivity contribution in [2.24, 2.45) is 0 Å². The van der Waals surface area contributed by atoms with Gasteiger partial charge in [-0.15, -0.1) is 0 Å². The molecule has 0 unspecified atom stereocenters. The number of aromatic nitrogens is 3. The average Bonchev–Trinajstić information content (AvgIpc) is 3.15. The first-order valence-electron chi connectivity index (χ1n) is 9.39.